The molecule has 3 N–H and O–H groups in total. The van der Waals surface area contributed by atoms with Crippen LogP contribution in [0.2, 0.25) is 0 Å². The molecule has 8 heteroatoms. The number of aromatic nitrogens is 2. The Morgan fingerprint density at radius 3 is 2.96 bits per heavy atom. The van der Waals surface area contributed by atoms with Gasteiger partial charge in [-0.15, -0.1) is 23.7 Å². The number of likely N-dealkylation sites (tertiary alicyclic amines) is 1. The Balaban J connectivity index is 0.00000196. The van der Waals surface area contributed by atoms with Gasteiger partial charge in [-0.3, -0.25) is 9.59 Å². The molecule has 26 heavy (non-hydrogen) atoms. The zero-order chi connectivity index (χ0) is 17.6. The van der Waals surface area contributed by atoms with E-state index in [1.807, 2.05) is 4.90 Å². The van der Waals surface area contributed by atoms with Crippen LogP contribution in [0.5, 0.6) is 0 Å². The molecule has 1 unspecified atom stereocenters. The van der Waals surface area contributed by atoms with Crippen molar-refractivity contribution in [2.75, 3.05) is 13.1 Å². The first-order chi connectivity index (χ1) is 12.0. The van der Waals surface area contributed by atoms with Crippen molar-refractivity contribution < 1.29 is 4.79 Å². The number of rotatable bonds is 3. The van der Waals surface area contributed by atoms with Gasteiger partial charge in [0, 0.05) is 36.9 Å². The molecule has 1 amide bonds. The monoisotopic (exact) mass is 396 g/mol. The molecule has 0 bridgehead atoms. The lowest BCUT2D eigenvalue weighted by molar-refractivity contribution is -0.130. The summed E-state index contributed by atoms with van der Waals surface area (Å²) in [7, 11) is 0. The number of nitrogens with one attached hydrogen (secondary N) is 1. The number of amides is 1. The van der Waals surface area contributed by atoms with Crippen molar-refractivity contribution in [2.45, 2.75) is 51.5 Å². The van der Waals surface area contributed by atoms with Crippen LogP contribution in [-0.4, -0.2) is 39.9 Å². The first-order valence-corrected chi connectivity index (χ1v) is 9.89. The van der Waals surface area contributed by atoms with Gasteiger partial charge in [-0.25, -0.2) is 4.98 Å². The molecule has 0 spiro atoms. The summed E-state index contributed by atoms with van der Waals surface area (Å²) in [4.78, 5) is 36.3. The van der Waals surface area contributed by atoms with E-state index in [2.05, 4.69) is 16.9 Å². The molecule has 142 valence electrons. The van der Waals surface area contributed by atoms with Gasteiger partial charge in [0.15, 0.2) is 0 Å². The second-order valence-corrected chi connectivity index (χ2v) is 8.52. The normalized spacial score (nSPS) is 22.3. The van der Waals surface area contributed by atoms with Gasteiger partial charge in [0.2, 0.25) is 5.91 Å². The van der Waals surface area contributed by atoms with Crippen LogP contribution < -0.4 is 11.3 Å². The fourth-order valence-corrected chi connectivity index (χ4v) is 5.31. The van der Waals surface area contributed by atoms with E-state index >= 15 is 0 Å². The number of fused-ring (bicyclic) bond motifs is 3. The van der Waals surface area contributed by atoms with Crippen molar-refractivity contribution in [3.63, 3.8) is 0 Å². The Morgan fingerprint density at radius 2 is 2.23 bits per heavy atom. The van der Waals surface area contributed by atoms with Gasteiger partial charge in [-0.05, 0) is 37.2 Å². The molecule has 2 atom stereocenters. The Bertz CT molecular complexity index is 878. The van der Waals surface area contributed by atoms with Crippen LogP contribution in [0.15, 0.2) is 4.79 Å². The van der Waals surface area contributed by atoms with E-state index in [1.54, 1.807) is 11.3 Å². The highest BCUT2D eigenvalue weighted by Crippen LogP contribution is 2.35. The number of nitrogens with two attached hydrogens (primary N) is 1. The molecule has 1 fully saturated rings. The van der Waals surface area contributed by atoms with Crippen LogP contribution in [0.1, 0.15) is 42.5 Å². The average molecular weight is 397 g/mol. The molecule has 2 aliphatic rings. The number of nitrogens with zero attached hydrogens (tertiary/aromatic N) is 2. The van der Waals surface area contributed by atoms with E-state index in [0.29, 0.717) is 31.1 Å². The van der Waals surface area contributed by atoms with Crippen molar-refractivity contribution in [1.29, 1.82) is 0 Å². The molecule has 0 aromatic carbocycles. The maximum absolute atomic E-state index is 12.6. The summed E-state index contributed by atoms with van der Waals surface area (Å²) in [6, 6.07) is 0.0954. The van der Waals surface area contributed by atoms with Gasteiger partial charge in [-0.1, -0.05) is 6.92 Å². The number of carbonyl (C=O) groups is 1. The fraction of sp³-hybridized carbons (Fsp3) is 0.611. The van der Waals surface area contributed by atoms with Crippen LogP contribution in [0.4, 0.5) is 0 Å². The van der Waals surface area contributed by atoms with Gasteiger partial charge in [0.25, 0.3) is 5.56 Å². The van der Waals surface area contributed by atoms with E-state index in [4.69, 9.17) is 5.73 Å². The SMILES string of the molecule is CC1CCc2c(sc3nc(CCC(=O)N4CC[C@@H](N)C4)[nH]c(=O)c23)C1.Cl. The number of carbonyl (C=O) groups excluding carboxylic acids is 1. The van der Waals surface area contributed by atoms with E-state index in [0.717, 1.165) is 42.4 Å². The third-order valence-electron chi connectivity index (χ3n) is 5.37. The van der Waals surface area contributed by atoms with Crippen molar-refractivity contribution in [2.24, 2.45) is 11.7 Å². The van der Waals surface area contributed by atoms with Crippen molar-refractivity contribution >= 4 is 39.9 Å². The lowest BCUT2D eigenvalue weighted by Crippen LogP contribution is -2.32. The standard InChI is InChI=1S/C18H24N4O2S.ClH/c1-10-2-3-12-13(8-10)25-18-16(12)17(24)20-14(21-18)4-5-15(23)22-7-6-11(19)9-22;/h10-11H,2-9,19H2,1H3,(H,20,21,24);1H/t10?,11-;/m1./s1. The van der Waals surface area contributed by atoms with Gasteiger partial charge in [0.05, 0.1) is 5.39 Å². The number of aryl methyl sites for hydroxylation is 2. The van der Waals surface area contributed by atoms with E-state index in [9.17, 15) is 9.59 Å². The molecule has 0 saturated carbocycles. The largest absolute Gasteiger partial charge is 0.341 e. The molecule has 1 aliphatic carbocycles. The molecule has 3 heterocycles. The maximum Gasteiger partial charge on any atom is 0.259 e. The molecule has 6 nitrogen and oxygen atoms in total. The van der Waals surface area contributed by atoms with Gasteiger partial charge < -0.3 is 15.6 Å². The van der Waals surface area contributed by atoms with E-state index < -0.39 is 0 Å². The van der Waals surface area contributed by atoms with Crippen LogP contribution in [0.25, 0.3) is 10.2 Å². The zero-order valence-electron chi connectivity index (χ0n) is 14.9. The summed E-state index contributed by atoms with van der Waals surface area (Å²) < 4.78 is 0. The number of halogens is 1. The minimum Gasteiger partial charge on any atom is -0.341 e. The molecular weight excluding hydrogens is 372 g/mol. The molecule has 1 aliphatic heterocycles. The predicted molar refractivity (Wildman–Crippen MR) is 106 cm³/mol. The molecule has 2 aromatic heterocycles. The van der Waals surface area contributed by atoms with Gasteiger partial charge in [-0.2, -0.15) is 0 Å². The van der Waals surface area contributed by atoms with Gasteiger partial charge in [0.1, 0.15) is 10.7 Å². The highest BCUT2D eigenvalue weighted by atomic mass is 35.5. The predicted octanol–water partition coefficient (Wildman–Crippen LogP) is 2.02. The molecule has 4 rings (SSSR count). The Kier molecular flexibility index (Phi) is 5.69. The summed E-state index contributed by atoms with van der Waals surface area (Å²) in [5.74, 6) is 1.37. The maximum atomic E-state index is 12.6. The van der Waals surface area contributed by atoms with Crippen LogP contribution in [-0.2, 0) is 24.1 Å². The summed E-state index contributed by atoms with van der Waals surface area (Å²) in [5.41, 5.74) is 7.00. The molecule has 2 aromatic rings. The number of hydrogen-bond acceptors (Lipinski definition) is 5. The summed E-state index contributed by atoms with van der Waals surface area (Å²) in [5, 5.41) is 0.771. The quantitative estimate of drug-likeness (QED) is 0.830. The molecular formula is C18H25ClN4O2S. The second kappa shape index (κ2) is 7.66. The lowest BCUT2D eigenvalue weighted by Gasteiger charge is -2.17. The first-order valence-electron chi connectivity index (χ1n) is 9.08. The smallest absolute Gasteiger partial charge is 0.259 e. The van der Waals surface area contributed by atoms with Crippen LogP contribution in [0, 0.1) is 5.92 Å². The number of H-pyrrole nitrogens is 1. The minimum absolute atomic E-state index is 0. The lowest BCUT2D eigenvalue weighted by atomic mass is 9.89. The minimum atomic E-state index is -0.0531. The summed E-state index contributed by atoms with van der Waals surface area (Å²) >= 11 is 1.65. The Hall–Kier alpha value is -1.44. The third-order valence-corrected chi connectivity index (χ3v) is 6.52. The van der Waals surface area contributed by atoms with Crippen LogP contribution in [0.3, 0.4) is 0 Å². The summed E-state index contributed by atoms with van der Waals surface area (Å²) in [6.07, 6.45) is 4.84. The third kappa shape index (κ3) is 3.66. The summed E-state index contributed by atoms with van der Waals surface area (Å²) in [6.45, 7) is 3.63. The highest BCUT2D eigenvalue weighted by molar-refractivity contribution is 7.18. The Morgan fingerprint density at radius 1 is 1.42 bits per heavy atom. The van der Waals surface area contributed by atoms with E-state index in [-0.39, 0.29) is 29.9 Å². The first kappa shape index (κ1) is 19.3. The van der Waals surface area contributed by atoms with Crippen LogP contribution >= 0.6 is 23.7 Å². The van der Waals surface area contributed by atoms with Crippen molar-refractivity contribution in [3.8, 4) is 0 Å². The number of thiophene rings is 1. The average Bonchev–Trinajstić information content (AvgIpc) is 3.15. The second-order valence-electron chi connectivity index (χ2n) is 7.43. The molecule has 0 radical (unpaired) electrons. The number of aromatic amines is 1. The highest BCUT2D eigenvalue weighted by Gasteiger charge is 2.25. The zero-order valence-corrected chi connectivity index (χ0v) is 16.5. The number of hydrogen-bond donors (Lipinski definition) is 2. The van der Waals surface area contributed by atoms with Crippen molar-refractivity contribution in [1.82, 2.24) is 14.9 Å². The molecule has 1 saturated heterocycles. The topological polar surface area (TPSA) is 92.1 Å². The van der Waals surface area contributed by atoms with Gasteiger partial charge >= 0.3 is 0 Å². The van der Waals surface area contributed by atoms with Crippen molar-refractivity contribution in [3.05, 3.63) is 26.6 Å². The Labute approximate surface area is 162 Å². The van der Waals surface area contributed by atoms with E-state index in [1.165, 1.54) is 10.4 Å². The fourth-order valence-electron chi connectivity index (χ4n) is 3.91.